The molecule has 0 N–H and O–H groups in total. The van der Waals surface area contributed by atoms with Crippen LogP contribution in [0.1, 0.15) is 37.0 Å². The zero-order valence-electron chi connectivity index (χ0n) is 14.2. The van der Waals surface area contributed by atoms with Crippen molar-refractivity contribution in [1.82, 2.24) is 9.88 Å². The lowest BCUT2D eigenvalue weighted by molar-refractivity contribution is 0.0755. The molecule has 0 fully saturated rings. The monoisotopic (exact) mass is 311 g/mol. The summed E-state index contributed by atoms with van der Waals surface area (Å²) in [5.74, 6) is 0.0597. The molecule has 1 heterocycles. The van der Waals surface area contributed by atoms with E-state index in [0.717, 1.165) is 37.3 Å². The van der Waals surface area contributed by atoms with Gasteiger partial charge in [0.2, 0.25) is 0 Å². The Morgan fingerprint density at radius 2 is 1.65 bits per heavy atom. The molecule has 122 valence electrons. The van der Waals surface area contributed by atoms with Crippen LogP contribution >= 0.6 is 0 Å². The number of carbonyl (C=O) groups is 1. The van der Waals surface area contributed by atoms with E-state index >= 15 is 0 Å². The van der Waals surface area contributed by atoms with Crippen LogP contribution in [0.25, 0.3) is 0 Å². The van der Waals surface area contributed by atoms with E-state index in [0.29, 0.717) is 5.56 Å². The van der Waals surface area contributed by atoms with E-state index in [1.54, 1.807) is 12.4 Å². The lowest BCUT2D eigenvalue weighted by Gasteiger charge is -2.23. The summed E-state index contributed by atoms with van der Waals surface area (Å²) >= 11 is 0. The third kappa shape index (κ3) is 4.31. The molecule has 2 rings (SSSR count). The molecular weight excluding hydrogens is 286 g/mol. The summed E-state index contributed by atoms with van der Waals surface area (Å²) in [4.78, 5) is 20.9. The molecular formula is C19H25N3O. The molecule has 4 heteroatoms. The van der Waals surface area contributed by atoms with E-state index in [1.165, 1.54) is 0 Å². The highest BCUT2D eigenvalue weighted by atomic mass is 16.2. The SMILES string of the molecule is CCCN(CCC)C(=O)c1cncc(N(C)c2ccccc2)c1. The van der Waals surface area contributed by atoms with Crippen molar-refractivity contribution in [2.75, 3.05) is 25.0 Å². The van der Waals surface area contributed by atoms with Crippen LogP contribution in [-0.4, -0.2) is 35.9 Å². The van der Waals surface area contributed by atoms with Crippen LogP contribution in [0.15, 0.2) is 48.8 Å². The number of nitrogens with zero attached hydrogens (tertiary/aromatic N) is 3. The molecule has 0 saturated heterocycles. The number of carbonyl (C=O) groups excluding carboxylic acids is 1. The first-order chi connectivity index (χ1) is 11.2. The Morgan fingerprint density at radius 3 is 2.26 bits per heavy atom. The lowest BCUT2D eigenvalue weighted by Crippen LogP contribution is -2.32. The Balaban J connectivity index is 2.23. The Morgan fingerprint density at radius 1 is 1.00 bits per heavy atom. The molecule has 0 atom stereocenters. The Hall–Kier alpha value is -2.36. The molecule has 4 nitrogen and oxygen atoms in total. The largest absolute Gasteiger partial charge is 0.343 e. The van der Waals surface area contributed by atoms with Gasteiger partial charge in [0.25, 0.3) is 5.91 Å². The smallest absolute Gasteiger partial charge is 0.255 e. The predicted molar refractivity (Wildman–Crippen MR) is 95.2 cm³/mol. The second-order valence-electron chi connectivity index (χ2n) is 5.62. The number of pyridine rings is 1. The predicted octanol–water partition coefficient (Wildman–Crippen LogP) is 4.11. The number of rotatable bonds is 7. The first-order valence-electron chi connectivity index (χ1n) is 8.20. The van der Waals surface area contributed by atoms with Gasteiger partial charge in [-0.25, -0.2) is 0 Å². The fraction of sp³-hybridized carbons (Fsp3) is 0.368. The van der Waals surface area contributed by atoms with Crippen molar-refractivity contribution in [2.45, 2.75) is 26.7 Å². The zero-order valence-corrected chi connectivity index (χ0v) is 14.2. The van der Waals surface area contributed by atoms with Gasteiger partial charge < -0.3 is 9.80 Å². The molecule has 0 aliphatic carbocycles. The summed E-state index contributed by atoms with van der Waals surface area (Å²) in [7, 11) is 1.98. The molecule has 0 radical (unpaired) electrons. The summed E-state index contributed by atoms with van der Waals surface area (Å²) in [6.45, 7) is 5.75. The van der Waals surface area contributed by atoms with Crippen LogP contribution in [0, 0.1) is 0 Å². The van der Waals surface area contributed by atoms with Gasteiger partial charge >= 0.3 is 0 Å². The number of benzene rings is 1. The maximum atomic E-state index is 12.7. The van der Waals surface area contributed by atoms with E-state index in [-0.39, 0.29) is 5.91 Å². The van der Waals surface area contributed by atoms with Crippen molar-refractivity contribution < 1.29 is 4.79 Å². The third-order valence-corrected chi connectivity index (χ3v) is 3.78. The van der Waals surface area contributed by atoms with Crippen molar-refractivity contribution in [2.24, 2.45) is 0 Å². The molecule has 0 unspecified atom stereocenters. The third-order valence-electron chi connectivity index (χ3n) is 3.78. The van der Waals surface area contributed by atoms with E-state index in [1.807, 2.05) is 53.2 Å². The fourth-order valence-electron chi connectivity index (χ4n) is 2.57. The van der Waals surface area contributed by atoms with Gasteiger partial charge in [0, 0.05) is 32.0 Å². The maximum Gasteiger partial charge on any atom is 0.255 e. The van der Waals surface area contributed by atoms with Crippen molar-refractivity contribution in [1.29, 1.82) is 0 Å². The van der Waals surface area contributed by atoms with Crippen molar-refractivity contribution in [3.8, 4) is 0 Å². The first-order valence-corrected chi connectivity index (χ1v) is 8.20. The molecule has 1 aromatic carbocycles. The minimum Gasteiger partial charge on any atom is -0.343 e. The number of hydrogen-bond acceptors (Lipinski definition) is 3. The lowest BCUT2D eigenvalue weighted by atomic mass is 10.2. The number of anilines is 2. The normalized spacial score (nSPS) is 10.4. The highest BCUT2D eigenvalue weighted by molar-refractivity contribution is 5.95. The molecule has 0 spiro atoms. The van der Waals surface area contributed by atoms with E-state index in [4.69, 9.17) is 0 Å². The van der Waals surface area contributed by atoms with Crippen LogP contribution in [0.4, 0.5) is 11.4 Å². The number of para-hydroxylation sites is 1. The standard InChI is InChI=1S/C19H25N3O/c1-4-11-22(12-5-2)19(23)16-13-18(15-20-14-16)21(3)17-9-7-6-8-10-17/h6-10,13-15H,4-5,11-12H2,1-3H3. The average Bonchev–Trinajstić information content (AvgIpc) is 2.61. The summed E-state index contributed by atoms with van der Waals surface area (Å²) in [6, 6.07) is 12.0. The molecule has 0 aliphatic heterocycles. The minimum absolute atomic E-state index is 0.0597. The molecule has 0 bridgehead atoms. The average molecular weight is 311 g/mol. The highest BCUT2D eigenvalue weighted by Gasteiger charge is 2.16. The molecule has 0 saturated carbocycles. The molecule has 1 aromatic heterocycles. The number of hydrogen-bond donors (Lipinski definition) is 0. The zero-order chi connectivity index (χ0) is 16.7. The highest BCUT2D eigenvalue weighted by Crippen LogP contribution is 2.23. The van der Waals surface area contributed by atoms with Gasteiger partial charge in [0.1, 0.15) is 0 Å². The van der Waals surface area contributed by atoms with Gasteiger partial charge in [-0.3, -0.25) is 9.78 Å². The second-order valence-corrected chi connectivity index (χ2v) is 5.62. The van der Waals surface area contributed by atoms with Crippen LogP contribution < -0.4 is 4.90 Å². The van der Waals surface area contributed by atoms with Crippen LogP contribution in [0.2, 0.25) is 0 Å². The van der Waals surface area contributed by atoms with Gasteiger partial charge in [-0.05, 0) is 31.0 Å². The van der Waals surface area contributed by atoms with Gasteiger partial charge in [0.05, 0.1) is 17.4 Å². The van der Waals surface area contributed by atoms with Crippen LogP contribution in [0.5, 0.6) is 0 Å². The maximum absolute atomic E-state index is 12.7. The van der Waals surface area contributed by atoms with Gasteiger partial charge in [0.15, 0.2) is 0 Å². The number of aromatic nitrogens is 1. The minimum atomic E-state index is 0.0597. The van der Waals surface area contributed by atoms with Gasteiger partial charge in [-0.2, -0.15) is 0 Å². The topological polar surface area (TPSA) is 36.4 Å². The van der Waals surface area contributed by atoms with Crippen molar-refractivity contribution in [3.05, 3.63) is 54.4 Å². The van der Waals surface area contributed by atoms with E-state index in [9.17, 15) is 4.79 Å². The Labute approximate surface area is 138 Å². The quantitative estimate of drug-likeness (QED) is 0.772. The summed E-state index contributed by atoms with van der Waals surface area (Å²) < 4.78 is 0. The summed E-state index contributed by atoms with van der Waals surface area (Å²) in [6.07, 6.45) is 5.36. The van der Waals surface area contributed by atoms with Gasteiger partial charge in [-0.1, -0.05) is 32.0 Å². The van der Waals surface area contributed by atoms with E-state index in [2.05, 4.69) is 18.8 Å². The molecule has 23 heavy (non-hydrogen) atoms. The van der Waals surface area contributed by atoms with Crippen LogP contribution in [-0.2, 0) is 0 Å². The van der Waals surface area contributed by atoms with Crippen molar-refractivity contribution >= 4 is 17.3 Å². The first kappa shape index (κ1) is 17.0. The van der Waals surface area contributed by atoms with Crippen LogP contribution in [0.3, 0.4) is 0 Å². The fourth-order valence-corrected chi connectivity index (χ4v) is 2.57. The molecule has 1 amide bonds. The Kier molecular flexibility index (Phi) is 6.15. The molecule has 0 aliphatic rings. The van der Waals surface area contributed by atoms with E-state index < -0.39 is 0 Å². The Bertz CT molecular complexity index is 622. The molecule has 2 aromatic rings. The second kappa shape index (κ2) is 8.32. The summed E-state index contributed by atoms with van der Waals surface area (Å²) in [5.41, 5.74) is 2.63. The van der Waals surface area contributed by atoms with Gasteiger partial charge in [-0.15, -0.1) is 0 Å². The number of amides is 1. The summed E-state index contributed by atoms with van der Waals surface area (Å²) in [5, 5.41) is 0. The van der Waals surface area contributed by atoms with Crippen molar-refractivity contribution in [3.63, 3.8) is 0 Å².